The standard InChI is InChI=1S/C30H30N6O14S.C25H22N6O16S/c1-28(2)3-5-29(6-4-28,25(44)45)50-34-19(15-11-51-27(31)33-15)20(39)32-14-10-48-36(23(14)42)30(26(46)47)9-16(24(43)49-30)35-21(40)12-7-17(37)18(38)8-13(12)22(35)41;26-23-28-11(5-48-23)15(29-47-24(6-32,7-33)21(41)42)16(36)27-10-4-45-31(19(10)39)25(22(43)44)3-12(20(40)46-25)30-17(37)8-1-13(34)14(35)2-9(8)18(30)38/h7-8,11,14,16,37-38H,3-6,9-10H2,1-2H3,(H2,31,33)(H,32,39)(H,44,45)(H,46,47);1-2,5,10,12,32-35H,3-4,6-7H2,(H2,26,28)(H,27,36)(H,41,42)(H,43,44)/b34-19-;29-15-/t14-,16-,30?;10-,12-,25?/m00/s1. The summed E-state index contributed by atoms with van der Waals surface area (Å²) in [4.78, 5) is 210. The van der Waals surface area contributed by atoms with Crippen LogP contribution in [0.5, 0.6) is 23.0 Å². The van der Waals surface area contributed by atoms with Crippen LogP contribution in [-0.2, 0) is 76.8 Å². The van der Waals surface area contributed by atoms with Gasteiger partial charge in [0.1, 0.15) is 48.8 Å². The van der Waals surface area contributed by atoms with E-state index in [1.165, 1.54) is 10.8 Å². The van der Waals surface area contributed by atoms with Gasteiger partial charge < -0.3 is 92.3 Å². The van der Waals surface area contributed by atoms with Crippen LogP contribution in [0.1, 0.15) is 105 Å². The highest BCUT2D eigenvalue weighted by atomic mass is 32.1. The van der Waals surface area contributed by atoms with Crippen molar-refractivity contribution in [1.29, 1.82) is 0 Å². The van der Waals surface area contributed by atoms with Gasteiger partial charge in [-0.05, 0) is 42.5 Å². The van der Waals surface area contributed by atoms with Crippen LogP contribution >= 0.6 is 22.7 Å². The molecule has 2 aromatic carbocycles. The van der Waals surface area contributed by atoms with E-state index in [1.807, 2.05) is 13.8 Å². The van der Waals surface area contributed by atoms with Crippen LogP contribution in [0.15, 0.2) is 45.3 Å². The van der Waals surface area contributed by atoms with Gasteiger partial charge in [-0.3, -0.25) is 57.8 Å². The Morgan fingerprint density at radius 3 is 1.27 bits per heavy atom. The molecule has 8 heterocycles. The molecule has 2 aromatic heterocycles. The third-order valence-corrected chi connectivity index (χ3v) is 18.0. The van der Waals surface area contributed by atoms with Gasteiger partial charge in [-0.2, -0.15) is 10.1 Å². The Morgan fingerprint density at radius 1 is 0.596 bits per heavy atom. The summed E-state index contributed by atoms with van der Waals surface area (Å²) in [5.41, 5.74) is -2.50. The number of phenolic OH excluding ortho intramolecular Hbond substituents is 4. The number of hydrogen-bond donors (Lipinski definition) is 14. The average molecular weight is 1430 g/mol. The molecule has 0 spiro atoms. The van der Waals surface area contributed by atoms with E-state index in [0.717, 1.165) is 46.9 Å². The number of nitrogens with zero attached hydrogens (tertiary/aromatic N) is 8. The van der Waals surface area contributed by atoms with Crippen molar-refractivity contribution >= 4 is 127 Å². The van der Waals surface area contributed by atoms with Crippen LogP contribution in [0, 0.1) is 5.41 Å². The fourth-order valence-corrected chi connectivity index (χ4v) is 12.0. The number of aliphatic hydroxyl groups is 2. The number of ether oxygens (including phenoxy) is 2. The number of carboxylic acids is 4. The summed E-state index contributed by atoms with van der Waals surface area (Å²) in [5.74, 6) is -22.3. The molecule has 5 fully saturated rings. The summed E-state index contributed by atoms with van der Waals surface area (Å²) in [6.45, 7) is -0.0745. The second-order valence-electron chi connectivity index (χ2n) is 23.4. The maximum Gasteiger partial charge on any atom is 0.372 e. The normalized spacial score (nSPS) is 24.1. The number of aliphatic carboxylic acids is 4. The molecule has 4 saturated heterocycles. The number of phenols is 4. The molecule has 44 heteroatoms. The maximum atomic E-state index is 13.6. The number of hydroxylamine groups is 4. The molecule has 524 valence electrons. The Morgan fingerprint density at radius 2 is 0.960 bits per heavy atom. The lowest BCUT2D eigenvalue weighted by Gasteiger charge is -2.38. The second kappa shape index (κ2) is 25.7. The first-order valence-corrected chi connectivity index (χ1v) is 30.3. The van der Waals surface area contributed by atoms with Crippen molar-refractivity contribution in [3.8, 4) is 23.0 Å². The molecule has 7 aliphatic rings. The highest BCUT2D eigenvalue weighted by Gasteiger charge is 2.67. The number of aromatic nitrogens is 2. The first-order chi connectivity index (χ1) is 46.5. The van der Waals surface area contributed by atoms with Gasteiger partial charge in [-0.1, -0.05) is 24.2 Å². The van der Waals surface area contributed by atoms with Gasteiger partial charge in [-0.15, -0.1) is 22.7 Å². The number of oxime groups is 2. The van der Waals surface area contributed by atoms with Crippen molar-refractivity contribution in [2.75, 3.05) is 37.9 Å². The number of hydrogen-bond acceptors (Lipinski definition) is 34. The summed E-state index contributed by atoms with van der Waals surface area (Å²) in [6, 6.07) is -4.02. The van der Waals surface area contributed by atoms with Crippen molar-refractivity contribution in [1.82, 2.24) is 40.5 Å². The number of nitrogens with one attached hydrogen (secondary N) is 2. The summed E-state index contributed by atoms with van der Waals surface area (Å²) >= 11 is 1.75. The molecule has 8 amide bonds. The third-order valence-electron chi connectivity index (χ3n) is 16.6. The van der Waals surface area contributed by atoms with Crippen molar-refractivity contribution < 1.29 is 147 Å². The minimum absolute atomic E-state index is 0.0250. The number of rotatable bonds is 20. The number of imide groups is 2. The van der Waals surface area contributed by atoms with Crippen LogP contribution in [-0.4, -0.2) is 249 Å². The number of esters is 2. The van der Waals surface area contributed by atoms with E-state index in [9.17, 15) is 118 Å². The van der Waals surface area contributed by atoms with Crippen molar-refractivity contribution in [2.24, 2.45) is 15.7 Å². The van der Waals surface area contributed by atoms with Gasteiger partial charge in [0.2, 0.25) is 5.60 Å². The van der Waals surface area contributed by atoms with E-state index in [-0.39, 0.29) is 61.2 Å². The molecule has 11 rings (SSSR count). The van der Waals surface area contributed by atoms with E-state index < -0.39 is 215 Å². The van der Waals surface area contributed by atoms with Crippen LogP contribution < -0.4 is 22.1 Å². The van der Waals surface area contributed by atoms with Gasteiger partial charge >= 0.3 is 47.3 Å². The highest BCUT2D eigenvalue weighted by molar-refractivity contribution is 7.14. The molecule has 42 nitrogen and oxygen atoms in total. The molecule has 2 unspecified atom stereocenters. The van der Waals surface area contributed by atoms with Crippen LogP contribution in [0.3, 0.4) is 0 Å². The number of amides is 8. The number of fused-ring (bicyclic) bond motifs is 2. The smallest absolute Gasteiger partial charge is 0.372 e. The SMILES string of the molecule is CC1(C)CCC(O/N=C(\C(=O)N[C@H]2CON(C3(C(=O)O)C[C@H](N4C(=O)c5cc(O)c(O)cc5C4=O)C(=O)O3)C2=O)c2csc(N)n2)(C(=O)O)CC1.Nc1nc(/C(=N/OC(CO)(CO)C(=O)O)C(=O)N[C@H]2CON(C3(C(=O)O)C[C@H](N4C(=O)c5cc(O)c(O)cc5C4=O)C(=O)O3)C2=O)cs1. The molecule has 0 radical (unpaired) electrons. The molecule has 4 aromatic rings. The second-order valence-corrected chi connectivity index (χ2v) is 25.2. The number of carboxylic acid groups (broad SMARTS) is 4. The predicted octanol–water partition coefficient (Wildman–Crippen LogP) is -3.75. The van der Waals surface area contributed by atoms with E-state index >= 15 is 0 Å². The number of thiazole rings is 2. The molecule has 6 aliphatic heterocycles. The summed E-state index contributed by atoms with van der Waals surface area (Å²) in [5, 5.41) is 112. The molecular formula is C55H52N12O30S2. The fraction of sp³-hybridized carbons (Fsp3) is 0.382. The van der Waals surface area contributed by atoms with Crippen molar-refractivity contribution in [2.45, 2.75) is 99.2 Å². The zero-order valence-corrected chi connectivity index (χ0v) is 52.2. The Bertz CT molecular complexity index is 4190. The lowest BCUT2D eigenvalue weighted by atomic mass is 9.71. The Hall–Kier alpha value is -11.7. The number of aromatic hydroxyl groups is 4. The first-order valence-electron chi connectivity index (χ1n) is 28.5. The van der Waals surface area contributed by atoms with Crippen molar-refractivity contribution in [3.63, 3.8) is 0 Å². The number of nitrogens with two attached hydrogens (primary N) is 2. The van der Waals surface area contributed by atoms with Crippen molar-refractivity contribution in [3.05, 3.63) is 68.7 Å². The van der Waals surface area contributed by atoms with E-state index in [2.05, 4.69) is 30.9 Å². The number of aliphatic hydroxyl groups excluding tert-OH is 2. The van der Waals surface area contributed by atoms with Gasteiger partial charge in [-0.25, -0.2) is 38.7 Å². The van der Waals surface area contributed by atoms with Gasteiger partial charge in [0.25, 0.3) is 52.9 Å². The minimum Gasteiger partial charge on any atom is -0.504 e. The van der Waals surface area contributed by atoms with E-state index in [0.29, 0.717) is 22.6 Å². The zero-order chi connectivity index (χ0) is 72.5. The van der Waals surface area contributed by atoms with Gasteiger partial charge in [0, 0.05) is 23.6 Å². The summed E-state index contributed by atoms with van der Waals surface area (Å²) < 4.78 is 10.2. The molecular weight excluding hydrogens is 1370 g/mol. The third kappa shape index (κ3) is 12.2. The molecule has 0 bridgehead atoms. The molecule has 1 saturated carbocycles. The maximum absolute atomic E-state index is 13.6. The number of carbonyl (C=O) groups excluding carboxylic acids is 10. The number of anilines is 2. The topological polar surface area (TPSA) is 636 Å². The van der Waals surface area contributed by atoms with E-state index in [1.54, 1.807) is 0 Å². The lowest BCUT2D eigenvalue weighted by molar-refractivity contribution is -0.256. The molecule has 99 heavy (non-hydrogen) atoms. The number of nitrogen functional groups attached to an aromatic ring is 2. The predicted molar refractivity (Wildman–Crippen MR) is 315 cm³/mol. The van der Waals surface area contributed by atoms with Crippen LogP contribution in [0.2, 0.25) is 0 Å². The fourth-order valence-electron chi connectivity index (χ4n) is 11.0. The zero-order valence-electron chi connectivity index (χ0n) is 50.5. The summed E-state index contributed by atoms with van der Waals surface area (Å²) in [6.07, 6.45) is -0.903. The molecule has 1 aliphatic carbocycles. The first kappa shape index (κ1) is 70.1. The van der Waals surface area contributed by atoms with Gasteiger partial charge in [0.15, 0.2) is 44.7 Å². The van der Waals surface area contributed by atoms with E-state index in [4.69, 9.17) is 40.3 Å². The number of benzene rings is 2. The minimum atomic E-state index is -2.97. The molecule has 6 atom stereocenters. The van der Waals surface area contributed by atoms with Crippen LogP contribution in [0.4, 0.5) is 10.3 Å². The average Bonchev–Trinajstić information content (AvgIpc) is 1.58. The monoisotopic (exact) mass is 1420 g/mol. The lowest BCUT2D eigenvalue weighted by Crippen LogP contribution is -2.57. The largest absolute Gasteiger partial charge is 0.504 e. The number of carbonyl (C=O) groups is 14. The number of cyclic esters (lactones) is 2. The summed E-state index contributed by atoms with van der Waals surface area (Å²) in [7, 11) is 0. The quantitative estimate of drug-likeness (QED) is 0.0133. The van der Waals surface area contributed by atoms with Crippen LogP contribution in [0.25, 0.3) is 0 Å². The Balaban J connectivity index is 0.000000215. The Labute approximate surface area is 557 Å². The highest BCUT2D eigenvalue weighted by Crippen LogP contribution is 2.45. The Kier molecular flexibility index (Phi) is 18.2. The van der Waals surface area contributed by atoms with Gasteiger partial charge in [0.05, 0.1) is 48.3 Å². The molecule has 16 N–H and O–H groups in total.